The van der Waals surface area contributed by atoms with Gasteiger partial charge in [-0.1, -0.05) is 18.2 Å². The molecule has 1 heterocycles. The Labute approximate surface area is 151 Å². The van der Waals surface area contributed by atoms with Crippen LogP contribution in [0.1, 0.15) is 28.8 Å². The molecule has 1 aliphatic rings. The highest BCUT2D eigenvalue weighted by Crippen LogP contribution is 2.35. The summed E-state index contributed by atoms with van der Waals surface area (Å²) >= 11 is 0. The summed E-state index contributed by atoms with van der Waals surface area (Å²) in [6.07, 6.45) is 1.42. The second-order valence-electron chi connectivity index (χ2n) is 6.40. The molecule has 0 spiro atoms. The van der Waals surface area contributed by atoms with Crippen molar-refractivity contribution in [2.75, 3.05) is 26.9 Å². The minimum absolute atomic E-state index is 0.273. The molecule has 2 aromatic carbocycles. The number of carbonyl (C=O) groups is 1. The van der Waals surface area contributed by atoms with E-state index in [1.54, 1.807) is 7.11 Å². The van der Waals surface area contributed by atoms with Gasteiger partial charge in [0, 0.05) is 25.2 Å². The van der Waals surface area contributed by atoms with Gasteiger partial charge in [-0.3, -0.25) is 4.79 Å². The fourth-order valence-electron chi connectivity index (χ4n) is 3.33. The lowest BCUT2D eigenvalue weighted by molar-refractivity contribution is 0.0486. The third-order valence-corrected chi connectivity index (χ3v) is 4.93. The van der Waals surface area contributed by atoms with Crippen molar-refractivity contribution >= 4 is 5.91 Å². The predicted octanol–water partition coefficient (Wildman–Crippen LogP) is 3.45. The Morgan fingerprint density at radius 1 is 1.12 bits per heavy atom. The standard InChI is InChI=1S/C20H21F2NO3/c1-25-15-7-5-14(6-8-15)20(9-11-26-12-10-20)13-23-19(24)18-16(21)3-2-4-17(18)22/h2-8H,9-13H2,1H3,(H,23,24). The zero-order chi connectivity index (χ0) is 18.6. The third-order valence-electron chi connectivity index (χ3n) is 4.93. The van der Waals surface area contributed by atoms with Gasteiger partial charge in [-0.2, -0.15) is 0 Å². The summed E-state index contributed by atoms with van der Waals surface area (Å²) < 4.78 is 38.3. The van der Waals surface area contributed by atoms with Crippen LogP contribution in [-0.4, -0.2) is 32.8 Å². The van der Waals surface area contributed by atoms with E-state index in [2.05, 4.69) is 5.32 Å². The van der Waals surface area contributed by atoms with Gasteiger partial charge >= 0.3 is 0 Å². The second-order valence-corrected chi connectivity index (χ2v) is 6.40. The summed E-state index contributed by atoms with van der Waals surface area (Å²) in [4.78, 5) is 12.4. The summed E-state index contributed by atoms with van der Waals surface area (Å²) in [7, 11) is 1.60. The Morgan fingerprint density at radius 2 is 1.73 bits per heavy atom. The van der Waals surface area contributed by atoms with Crippen LogP contribution < -0.4 is 10.1 Å². The predicted molar refractivity (Wildman–Crippen MR) is 93.4 cm³/mol. The van der Waals surface area contributed by atoms with E-state index in [-0.39, 0.29) is 12.0 Å². The van der Waals surface area contributed by atoms with E-state index in [0.717, 1.165) is 23.4 Å². The molecule has 3 rings (SSSR count). The first kappa shape index (κ1) is 18.3. The smallest absolute Gasteiger partial charge is 0.257 e. The summed E-state index contributed by atoms with van der Waals surface area (Å²) in [5.41, 5.74) is 0.141. The number of rotatable bonds is 5. The third kappa shape index (κ3) is 3.70. The highest BCUT2D eigenvalue weighted by molar-refractivity contribution is 5.94. The molecular weight excluding hydrogens is 340 g/mol. The van der Waals surface area contributed by atoms with Gasteiger partial charge in [0.25, 0.3) is 5.91 Å². The molecule has 1 amide bonds. The number of hydrogen-bond donors (Lipinski definition) is 1. The van der Waals surface area contributed by atoms with Gasteiger partial charge in [-0.25, -0.2) is 8.78 Å². The van der Waals surface area contributed by atoms with E-state index < -0.39 is 23.1 Å². The molecule has 0 aromatic heterocycles. The number of benzene rings is 2. The normalized spacial score (nSPS) is 16.1. The Kier molecular flexibility index (Phi) is 5.52. The van der Waals surface area contributed by atoms with E-state index >= 15 is 0 Å². The molecule has 0 atom stereocenters. The fourth-order valence-corrected chi connectivity index (χ4v) is 3.33. The molecular formula is C20H21F2NO3. The van der Waals surface area contributed by atoms with Crippen LogP contribution in [-0.2, 0) is 10.2 Å². The number of carbonyl (C=O) groups excluding carboxylic acids is 1. The zero-order valence-corrected chi connectivity index (χ0v) is 14.6. The summed E-state index contributed by atoms with van der Waals surface area (Å²) in [5.74, 6) is -1.74. The molecule has 0 bridgehead atoms. The van der Waals surface area contributed by atoms with Gasteiger partial charge in [-0.05, 0) is 42.7 Å². The largest absolute Gasteiger partial charge is 0.497 e. The van der Waals surface area contributed by atoms with Crippen LogP contribution in [0.25, 0.3) is 0 Å². The Morgan fingerprint density at radius 3 is 2.31 bits per heavy atom. The Balaban J connectivity index is 1.81. The lowest BCUT2D eigenvalue weighted by Gasteiger charge is -2.38. The van der Waals surface area contributed by atoms with Crippen molar-refractivity contribution in [1.29, 1.82) is 0 Å². The molecule has 1 aliphatic heterocycles. The zero-order valence-electron chi connectivity index (χ0n) is 14.6. The van der Waals surface area contributed by atoms with Crippen molar-refractivity contribution in [2.24, 2.45) is 0 Å². The number of halogens is 2. The minimum Gasteiger partial charge on any atom is -0.497 e. The number of methoxy groups -OCH3 is 1. The van der Waals surface area contributed by atoms with Crippen molar-refractivity contribution in [1.82, 2.24) is 5.32 Å². The monoisotopic (exact) mass is 361 g/mol. The van der Waals surface area contributed by atoms with Gasteiger partial charge in [0.2, 0.25) is 0 Å². The van der Waals surface area contributed by atoms with Crippen LogP contribution in [0.4, 0.5) is 8.78 Å². The molecule has 1 N–H and O–H groups in total. The quantitative estimate of drug-likeness (QED) is 0.887. The maximum absolute atomic E-state index is 13.8. The molecule has 138 valence electrons. The Bertz CT molecular complexity index is 751. The van der Waals surface area contributed by atoms with Crippen LogP contribution >= 0.6 is 0 Å². The Hall–Kier alpha value is -2.47. The fraction of sp³-hybridized carbons (Fsp3) is 0.350. The van der Waals surface area contributed by atoms with Gasteiger partial charge in [0.05, 0.1) is 7.11 Å². The van der Waals surface area contributed by atoms with Gasteiger partial charge in [0.15, 0.2) is 0 Å². The topological polar surface area (TPSA) is 47.6 Å². The molecule has 0 radical (unpaired) electrons. The molecule has 26 heavy (non-hydrogen) atoms. The molecule has 2 aromatic rings. The van der Waals surface area contributed by atoms with Crippen LogP contribution in [0.3, 0.4) is 0 Å². The average Bonchev–Trinajstić information content (AvgIpc) is 2.67. The van der Waals surface area contributed by atoms with Crippen molar-refractivity contribution in [2.45, 2.75) is 18.3 Å². The van der Waals surface area contributed by atoms with E-state index in [4.69, 9.17) is 9.47 Å². The first-order chi connectivity index (χ1) is 12.6. The molecule has 6 heteroatoms. The minimum atomic E-state index is -0.868. The first-order valence-corrected chi connectivity index (χ1v) is 8.50. The molecule has 0 unspecified atom stereocenters. The van der Waals surface area contributed by atoms with E-state index in [1.807, 2.05) is 24.3 Å². The van der Waals surface area contributed by atoms with Crippen molar-refractivity contribution in [3.8, 4) is 5.75 Å². The van der Waals surface area contributed by atoms with Gasteiger partial charge in [-0.15, -0.1) is 0 Å². The van der Waals surface area contributed by atoms with Crippen LogP contribution in [0, 0.1) is 11.6 Å². The summed E-state index contributed by atoms with van der Waals surface area (Å²) in [6, 6.07) is 11.0. The molecule has 4 nitrogen and oxygen atoms in total. The van der Waals surface area contributed by atoms with Crippen molar-refractivity contribution in [3.63, 3.8) is 0 Å². The summed E-state index contributed by atoms with van der Waals surface area (Å²) in [6.45, 7) is 1.40. The van der Waals surface area contributed by atoms with E-state index in [9.17, 15) is 13.6 Å². The molecule has 0 aliphatic carbocycles. The summed E-state index contributed by atoms with van der Waals surface area (Å²) in [5, 5.41) is 2.71. The number of hydrogen-bond acceptors (Lipinski definition) is 3. The van der Waals surface area contributed by atoms with Crippen LogP contribution in [0.2, 0.25) is 0 Å². The van der Waals surface area contributed by atoms with Crippen molar-refractivity contribution < 1.29 is 23.0 Å². The highest BCUT2D eigenvalue weighted by Gasteiger charge is 2.35. The van der Waals surface area contributed by atoms with Gasteiger partial charge < -0.3 is 14.8 Å². The first-order valence-electron chi connectivity index (χ1n) is 8.50. The number of ether oxygens (including phenoxy) is 2. The maximum Gasteiger partial charge on any atom is 0.257 e. The van der Waals surface area contributed by atoms with Gasteiger partial charge in [0.1, 0.15) is 22.9 Å². The van der Waals surface area contributed by atoms with Crippen LogP contribution in [0.5, 0.6) is 5.75 Å². The highest BCUT2D eigenvalue weighted by atomic mass is 19.1. The number of amides is 1. The molecule has 1 saturated heterocycles. The van der Waals surface area contributed by atoms with E-state index in [0.29, 0.717) is 26.1 Å². The maximum atomic E-state index is 13.8. The van der Waals surface area contributed by atoms with Crippen LogP contribution in [0.15, 0.2) is 42.5 Å². The average molecular weight is 361 g/mol. The number of nitrogens with one attached hydrogen (secondary N) is 1. The SMILES string of the molecule is COc1ccc(C2(CNC(=O)c3c(F)cccc3F)CCOCC2)cc1. The lowest BCUT2D eigenvalue weighted by Crippen LogP contribution is -2.44. The van der Waals surface area contributed by atoms with E-state index in [1.165, 1.54) is 6.07 Å². The molecule has 0 saturated carbocycles. The lowest BCUT2D eigenvalue weighted by atomic mass is 9.74. The molecule has 1 fully saturated rings. The van der Waals surface area contributed by atoms with Crippen molar-refractivity contribution in [3.05, 3.63) is 65.2 Å². The second kappa shape index (κ2) is 7.83.